The van der Waals surface area contributed by atoms with Crippen LogP contribution in [0.15, 0.2) is 54.6 Å². The van der Waals surface area contributed by atoms with Crippen molar-refractivity contribution in [1.29, 1.82) is 0 Å². The molecule has 5 nitrogen and oxygen atoms in total. The molecule has 0 atom stereocenters. The number of piperazine rings is 1. The average Bonchev–Trinajstić information content (AvgIpc) is 2.76. The van der Waals surface area contributed by atoms with Crippen molar-refractivity contribution in [2.45, 2.75) is 13.0 Å². The topological polar surface area (TPSA) is 59.8 Å². The van der Waals surface area contributed by atoms with Gasteiger partial charge in [-0.15, -0.1) is 24.8 Å². The predicted molar refractivity (Wildman–Crippen MR) is 135 cm³/mol. The molecule has 4 rings (SSSR count). The van der Waals surface area contributed by atoms with Gasteiger partial charge >= 0.3 is 0 Å². The van der Waals surface area contributed by atoms with Crippen LogP contribution in [-0.2, 0) is 13.0 Å². The molecule has 9 heteroatoms. The molecule has 1 N–H and O–H groups in total. The second-order valence-corrected chi connectivity index (χ2v) is 8.62. The largest absolute Gasteiger partial charge is 0.634 e. The SMILES string of the molecule is Cl.Cl.[O-][NH+]1CC[N+]([O-])(CCc2ccc(COc3cccc4c(Cl)c(Cl)ccc34)cc2)CC1. The standard InChI is InChI=1S/C23H24Cl2N2O3.2ClH/c24-21-9-8-19-20(23(21)25)2-1-3-22(19)30-16-18-6-4-17(5-7-18)10-13-27(29)14-11-26(28)12-15-27;;/h1-9,26H,10-16H2;2*1H. The van der Waals surface area contributed by atoms with E-state index in [0.717, 1.165) is 27.6 Å². The zero-order valence-electron chi connectivity index (χ0n) is 17.4. The number of nitrogens with zero attached hydrogens (tertiary/aromatic N) is 1. The van der Waals surface area contributed by atoms with Gasteiger partial charge in [0.25, 0.3) is 0 Å². The van der Waals surface area contributed by atoms with Gasteiger partial charge in [-0.25, -0.2) is 0 Å². The normalized spacial score (nSPS) is 20.3. The molecule has 1 aliphatic heterocycles. The lowest BCUT2D eigenvalue weighted by molar-refractivity contribution is -0.978. The lowest BCUT2D eigenvalue weighted by atomic mass is 10.1. The van der Waals surface area contributed by atoms with Gasteiger partial charge in [0.05, 0.1) is 16.6 Å². The van der Waals surface area contributed by atoms with E-state index >= 15 is 0 Å². The van der Waals surface area contributed by atoms with E-state index in [1.807, 2.05) is 48.5 Å². The summed E-state index contributed by atoms with van der Waals surface area (Å²) in [7, 11) is 0. The van der Waals surface area contributed by atoms with Gasteiger partial charge in [-0.1, -0.05) is 59.6 Å². The Morgan fingerprint density at radius 1 is 0.875 bits per heavy atom. The molecule has 1 heterocycles. The number of rotatable bonds is 6. The molecule has 3 aromatic carbocycles. The number of ether oxygens (including phenoxy) is 1. The van der Waals surface area contributed by atoms with Crippen molar-refractivity contribution in [3.05, 3.63) is 86.2 Å². The van der Waals surface area contributed by atoms with Crippen LogP contribution in [0, 0.1) is 10.4 Å². The lowest BCUT2D eigenvalue weighted by Gasteiger charge is -2.47. The number of nitrogens with one attached hydrogen (secondary N) is 1. The minimum atomic E-state index is -0.260. The molecule has 0 aliphatic carbocycles. The van der Waals surface area contributed by atoms with Crippen LogP contribution >= 0.6 is 48.0 Å². The van der Waals surface area contributed by atoms with E-state index in [0.29, 0.717) is 55.8 Å². The summed E-state index contributed by atoms with van der Waals surface area (Å²) in [6.07, 6.45) is 0.710. The molecule has 0 bridgehead atoms. The van der Waals surface area contributed by atoms with E-state index in [1.54, 1.807) is 6.07 Å². The highest BCUT2D eigenvalue weighted by Crippen LogP contribution is 2.35. The van der Waals surface area contributed by atoms with E-state index < -0.39 is 0 Å². The molecule has 0 aromatic heterocycles. The Labute approximate surface area is 210 Å². The van der Waals surface area contributed by atoms with Crippen LogP contribution in [0.2, 0.25) is 10.0 Å². The Morgan fingerprint density at radius 2 is 1.53 bits per heavy atom. The second kappa shape index (κ2) is 11.7. The monoisotopic (exact) mass is 518 g/mol. The first-order chi connectivity index (χ1) is 14.4. The van der Waals surface area contributed by atoms with E-state index in [2.05, 4.69) is 0 Å². The minimum Gasteiger partial charge on any atom is -0.634 e. The third-order valence-corrected chi connectivity index (χ3v) is 6.55. The molecule has 0 unspecified atom stereocenters. The molecule has 1 fully saturated rings. The van der Waals surface area contributed by atoms with Gasteiger partial charge in [0.2, 0.25) is 0 Å². The quantitative estimate of drug-likeness (QED) is 0.375. The van der Waals surface area contributed by atoms with Crippen molar-refractivity contribution in [3.63, 3.8) is 0 Å². The Kier molecular flexibility index (Phi) is 9.88. The molecular formula is C23H26Cl4N2O3. The zero-order chi connectivity index (χ0) is 21.1. The lowest BCUT2D eigenvalue weighted by Crippen LogP contribution is -3.11. The van der Waals surface area contributed by atoms with E-state index in [1.165, 1.54) is 0 Å². The number of quaternary nitrogens is 2. The minimum absolute atomic E-state index is 0. The highest BCUT2D eigenvalue weighted by atomic mass is 35.5. The predicted octanol–water partition coefficient (Wildman–Crippen LogP) is 4.82. The molecule has 32 heavy (non-hydrogen) atoms. The van der Waals surface area contributed by atoms with Crippen LogP contribution in [0.3, 0.4) is 0 Å². The molecular weight excluding hydrogens is 494 g/mol. The van der Waals surface area contributed by atoms with Crippen LogP contribution < -0.4 is 9.80 Å². The summed E-state index contributed by atoms with van der Waals surface area (Å²) < 4.78 is 5.77. The molecule has 0 saturated carbocycles. The molecule has 3 aromatic rings. The van der Waals surface area contributed by atoms with Crippen molar-refractivity contribution in [3.8, 4) is 5.75 Å². The molecule has 0 radical (unpaired) electrons. The van der Waals surface area contributed by atoms with Crippen molar-refractivity contribution < 1.29 is 14.4 Å². The Morgan fingerprint density at radius 3 is 2.22 bits per heavy atom. The molecule has 0 spiro atoms. The van der Waals surface area contributed by atoms with Crippen LogP contribution in [0.4, 0.5) is 0 Å². The van der Waals surface area contributed by atoms with Crippen molar-refractivity contribution in [1.82, 2.24) is 0 Å². The van der Waals surface area contributed by atoms with Crippen LogP contribution in [0.25, 0.3) is 10.8 Å². The summed E-state index contributed by atoms with van der Waals surface area (Å²) in [5, 5.41) is 27.1. The van der Waals surface area contributed by atoms with E-state index in [-0.39, 0.29) is 34.5 Å². The third-order valence-electron chi connectivity index (χ3n) is 5.73. The van der Waals surface area contributed by atoms with Gasteiger partial charge in [-0.3, -0.25) is 0 Å². The second-order valence-electron chi connectivity index (χ2n) is 7.84. The number of hydrogen-bond acceptors (Lipinski definition) is 3. The number of hydrogen-bond donors (Lipinski definition) is 1. The van der Waals surface area contributed by atoms with Gasteiger partial charge in [-0.2, -0.15) is 0 Å². The Hall–Kier alpha value is -1.28. The summed E-state index contributed by atoms with van der Waals surface area (Å²) in [4.78, 5) is 0. The van der Waals surface area contributed by atoms with Crippen molar-refractivity contribution in [2.24, 2.45) is 0 Å². The van der Waals surface area contributed by atoms with Crippen molar-refractivity contribution >= 4 is 58.8 Å². The van der Waals surface area contributed by atoms with Gasteiger partial charge in [0.15, 0.2) is 0 Å². The summed E-state index contributed by atoms with van der Waals surface area (Å²) in [6.45, 7) is 2.58. The molecule has 0 amide bonds. The first kappa shape index (κ1) is 27.0. The zero-order valence-corrected chi connectivity index (χ0v) is 20.5. The fourth-order valence-corrected chi connectivity index (χ4v) is 4.20. The highest BCUT2D eigenvalue weighted by molar-refractivity contribution is 6.45. The number of fused-ring (bicyclic) bond motifs is 1. The van der Waals surface area contributed by atoms with Gasteiger partial charge in [0.1, 0.15) is 38.5 Å². The van der Waals surface area contributed by atoms with Gasteiger partial charge < -0.3 is 24.9 Å². The smallest absolute Gasteiger partial charge is 0.129 e. The van der Waals surface area contributed by atoms with Crippen LogP contribution in [-0.4, -0.2) is 37.4 Å². The molecule has 174 valence electrons. The highest BCUT2D eigenvalue weighted by Gasteiger charge is 2.24. The maximum atomic E-state index is 12.7. The molecule has 1 aliphatic rings. The fraction of sp³-hybridized carbons (Fsp3) is 0.304. The van der Waals surface area contributed by atoms with Gasteiger partial charge in [-0.05, 0) is 29.3 Å². The summed E-state index contributed by atoms with van der Waals surface area (Å²) in [5.74, 6) is 0.757. The van der Waals surface area contributed by atoms with Crippen molar-refractivity contribution in [2.75, 3.05) is 32.7 Å². The molecule has 1 saturated heterocycles. The van der Waals surface area contributed by atoms with E-state index in [9.17, 15) is 10.4 Å². The number of benzene rings is 3. The number of hydroxylamine groups is 5. The van der Waals surface area contributed by atoms with Crippen LogP contribution in [0.5, 0.6) is 5.75 Å². The summed E-state index contributed by atoms with van der Waals surface area (Å²) >= 11 is 12.4. The Balaban J connectivity index is 0.00000181. The summed E-state index contributed by atoms with van der Waals surface area (Å²) in [6, 6.07) is 17.6. The fourth-order valence-electron chi connectivity index (χ4n) is 3.80. The third kappa shape index (κ3) is 6.40. The van der Waals surface area contributed by atoms with Crippen LogP contribution in [0.1, 0.15) is 11.1 Å². The van der Waals surface area contributed by atoms with Gasteiger partial charge in [0, 0.05) is 17.2 Å². The first-order valence-corrected chi connectivity index (χ1v) is 10.9. The van der Waals surface area contributed by atoms with E-state index in [4.69, 9.17) is 27.9 Å². The average molecular weight is 520 g/mol. The number of halogens is 4. The summed E-state index contributed by atoms with van der Waals surface area (Å²) in [5.41, 5.74) is 2.17. The maximum absolute atomic E-state index is 12.7. The first-order valence-electron chi connectivity index (χ1n) is 10.1. The maximum Gasteiger partial charge on any atom is 0.129 e. The Bertz CT molecular complexity index is 1030.